The van der Waals surface area contributed by atoms with Crippen LogP contribution in [0, 0.1) is 0 Å². The van der Waals surface area contributed by atoms with Gasteiger partial charge in [0, 0.05) is 36.1 Å². The fraction of sp³-hybridized carbons (Fsp3) is 0.0476. The summed E-state index contributed by atoms with van der Waals surface area (Å²) < 4.78 is 3.01. The van der Waals surface area contributed by atoms with Gasteiger partial charge in [0.05, 0.1) is 5.39 Å². The summed E-state index contributed by atoms with van der Waals surface area (Å²) >= 11 is 0. The highest BCUT2D eigenvalue weighted by molar-refractivity contribution is 6.06. The largest absolute Gasteiger partial charge is 0.324 e. The standard InChI is InChI=1S/C21H17N5O3/c1-25-21(29)17-7-3-2-6-16(17)18(24-25)20(28)23-22-19(27)14-8-10-15(11-9-14)26-12-4-5-13-26/h2-13H,1H3,(H,22,27)(H,23,28). The molecule has 2 aromatic carbocycles. The van der Waals surface area contributed by atoms with Crippen molar-refractivity contribution in [1.29, 1.82) is 0 Å². The fourth-order valence-corrected chi connectivity index (χ4v) is 3.00. The molecule has 0 aliphatic rings. The van der Waals surface area contributed by atoms with Crippen molar-refractivity contribution >= 4 is 22.6 Å². The summed E-state index contributed by atoms with van der Waals surface area (Å²) in [5.74, 6) is -1.08. The number of aryl methyl sites for hydroxylation is 1. The Hall–Kier alpha value is -4.20. The van der Waals surface area contributed by atoms with Crippen molar-refractivity contribution in [1.82, 2.24) is 25.2 Å². The molecule has 4 rings (SSSR count). The Labute approximate surface area is 165 Å². The van der Waals surface area contributed by atoms with Crippen LogP contribution < -0.4 is 16.4 Å². The monoisotopic (exact) mass is 387 g/mol. The second-order valence-corrected chi connectivity index (χ2v) is 6.37. The van der Waals surface area contributed by atoms with E-state index in [1.165, 1.54) is 7.05 Å². The van der Waals surface area contributed by atoms with Crippen LogP contribution in [0.15, 0.2) is 77.9 Å². The van der Waals surface area contributed by atoms with E-state index in [9.17, 15) is 14.4 Å². The summed E-state index contributed by atoms with van der Waals surface area (Å²) in [4.78, 5) is 37.1. The van der Waals surface area contributed by atoms with Crippen LogP contribution in [0.25, 0.3) is 16.5 Å². The van der Waals surface area contributed by atoms with E-state index in [0.29, 0.717) is 16.3 Å². The number of carbonyl (C=O) groups is 2. The molecule has 4 aromatic rings. The topological polar surface area (TPSA) is 98.0 Å². The highest BCUT2D eigenvalue weighted by atomic mass is 16.2. The minimum atomic E-state index is -0.617. The molecule has 2 N–H and O–H groups in total. The molecule has 0 unspecified atom stereocenters. The zero-order valence-corrected chi connectivity index (χ0v) is 15.5. The van der Waals surface area contributed by atoms with Gasteiger partial charge >= 0.3 is 0 Å². The van der Waals surface area contributed by atoms with E-state index in [2.05, 4.69) is 16.0 Å². The molecule has 144 valence electrons. The zero-order chi connectivity index (χ0) is 20.4. The lowest BCUT2D eigenvalue weighted by Gasteiger charge is -2.10. The predicted octanol–water partition coefficient (Wildman–Crippen LogP) is 1.80. The lowest BCUT2D eigenvalue weighted by molar-refractivity contribution is 0.0844. The van der Waals surface area contributed by atoms with Gasteiger partial charge in [0.15, 0.2) is 5.69 Å². The average molecular weight is 387 g/mol. The molecule has 0 fully saturated rings. The molecule has 2 amide bonds. The van der Waals surface area contributed by atoms with Gasteiger partial charge < -0.3 is 4.57 Å². The van der Waals surface area contributed by atoms with E-state index < -0.39 is 11.8 Å². The van der Waals surface area contributed by atoms with Crippen molar-refractivity contribution in [2.45, 2.75) is 0 Å². The van der Waals surface area contributed by atoms with E-state index in [0.717, 1.165) is 10.4 Å². The first-order valence-corrected chi connectivity index (χ1v) is 8.85. The first-order valence-electron chi connectivity index (χ1n) is 8.85. The smallest absolute Gasteiger partial charge is 0.290 e. The van der Waals surface area contributed by atoms with Crippen molar-refractivity contribution in [3.8, 4) is 5.69 Å². The van der Waals surface area contributed by atoms with Gasteiger partial charge in [-0.2, -0.15) is 5.10 Å². The first kappa shape index (κ1) is 18.2. The molecule has 2 aromatic heterocycles. The van der Waals surface area contributed by atoms with Gasteiger partial charge in [0.1, 0.15) is 0 Å². The summed E-state index contributed by atoms with van der Waals surface area (Å²) in [6.07, 6.45) is 3.81. The minimum Gasteiger partial charge on any atom is -0.324 e. The molecule has 8 nitrogen and oxygen atoms in total. The highest BCUT2D eigenvalue weighted by Gasteiger charge is 2.16. The molecule has 0 radical (unpaired) electrons. The SMILES string of the molecule is Cn1nc(C(=O)NNC(=O)c2ccc(-n3cccc3)cc2)c2ccccc2c1=O. The number of nitrogens with zero attached hydrogens (tertiary/aromatic N) is 3. The number of rotatable bonds is 3. The third-order valence-corrected chi connectivity index (χ3v) is 4.49. The number of hydrazine groups is 1. The summed E-state index contributed by atoms with van der Waals surface area (Å²) in [6, 6.07) is 17.4. The van der Waals surface area contributed by atoms with Crippen LogP contribution in [0.4, 0.5) is 0 Å². The zero-order valence-electron chi connectivity index (χ0n) is 15.5. The Kier molecular flexibility index (Phi) is 4.66. The Bertz CT molecular complexity index is 1260. The quantitative estimate of drug-likeness (QED) is 0.524. The predicted molar refractivity (Wildman–Crippen MR) is 108 cm³/mol. The summed E-state index contributed by atoms with van der Waals surface area (Å²) in [7, 11) is 1.47. The Morgan fingerprint density at radius 1 is 0.828 bits per heavy atom. The van der Waals surface area contributed by atoms with Crippen LogP contribution in [0.2, 0.25) is 0 Å². The average Bonchev–Trinajstić information content (AvgIpc) is 3.29. The van der Waals surface area contributed by atoms with E-state index in [4.69, 9.17) is 0 Å². The molecule has 0 saturated carbocycles. The van der Waals surface area contributed by atoms with E-state index in [-0.39, 0.29) is 11.3 Å². The number of amides is 2. The number of aromatic nitrogens is 3. The van der Waals surface area contributed by atoms with Gasteiger partial charge in [-0.1, -0.05) is 18.2 Å². The number of carbonyl (C=O) groups excluding carboxylic acids is 2. The number of hydrogen-bond donors (Lipinski definition) is 2. The van der Waals surface area contributed by atoms with Crippen molar-refractivity contribution in [3.05, 3.63) is 94.7 Å². The maximum absolute atomic E-state index is 12.6. The van der Waals surface area contributed by atoms with E-state index >= 15 is 0 Å². The Balaban J connectivity index is 1.50. The lowest BCUT2D eigenvalue weighted by atomic mass is 10.1. The van der Waals surface area contributed by atoms with Crippen LogP contribution in [-0.4, -0.2) is 26.2 Å². The maximum atomic E-state index is 12.6. The van der Waals surface area contributed by atoms with E-state index in [1.54, 1.807) is 48.5 Å². The van der Waals surface area contributed by atoms with Crippen molar-refractivity contribution in [2.75, 3.05) is 0 Å². The summed E-state index contributed by atoms with van der Waals surface area (Å²) in [5.41, 5.74) is 5.78. The number of nitrogens with one attached hydrogen (secondary N) is 2. The summed E-state index contributed by atoms with van der Waals surface area (Å²) in [6.45, 7) is 0. The molecular formula is C21H17N5O3. The van der Waals surface area contributed by atoms with Gasteiger partial charge in [-0.3, -0.25) is 25.2 Å². The van der Waals surface area contributed by atoms with Crippen LogP contribution in [0.5, 0.6) is 0 Å². The van der Waals surface area contributed by atoms with Crippen LogP contribution >= 0.6 is 0 Å². The van der Waals surface area contributed by atoms with Gasteiger partial charge in [-0.25, -0.2) is 4.68 Å². The molecule has 0 saturated heterocycles. The third-order valence-electron chi connectivity index (χ3n) is 4.49. The van der Waals surface area contributed by atoms with Crippen molar-refractivity contribution in [2.24, 2.45) is 7.05 Å². The maximum Gasteiger partial charge on any atom is 0.290 e. The van der Waals surface area contributed by atoms with Crippen LogP contribution in [-0.2, 0) is 7.05 Å². The molecule has 0 bridgehead atoms. The molecular weight excluding hydrogens is 370 g/mol. The summed E-state index contributed by atoms with van der Waals surface area (Å²) in [5, 5.41) is 4.82. The second-order valence-electron chi connectivity index (χ2n) is 6.37. The molecule has 0 atom stereocenters. The highest BCUT2D eigenvalue weighted by Crippen LogP contribution is 2.13. The van der Waals surface area contributed by atoms with Gasteiger partial charge in [-0.15, -0.1) is 0 Å². The van der Waals surface area contributed by atoms with Crippen LogP contribution in [0.3, 0.4) is 0 Å². The van der Waals surface area contributed by atoms with Crippen LogP contribution in [0.1, 0.15) is 20.8 Å². The molecule has 0 aliphatic carbocycles. The number of fused-ring (bicyclic) bond motifs is 1. The van der Waals surface area contributed by atoms with E-state index in [1.807, 2.05) is 29.1 Å². The third kappa shape index (κ3) is 3.51. The Morgan fingerprint density at radius 3 is 2.14 bits per heavy atom. The Morgan fingerprint density at radius 2 is 1.45 bits per heavy atom. The molecule has 2 heterocycles. The van der Waals surface area contributed by atoms with Gasteiger partial charge in [0.2, 0.25) is 0 Å². The lowest BCUT2D eigenvalue weighted by Crippen LogP contribution is -2.42. The van der Waals surface area contributed by atoms with Gasteiger partial charge in [-0.05, 0) is 42.5 Å². The first-order chi connectivity index (χ1) is 14.0. The number of hydrogen-bond acceptors (Lipinski definition) is 4. The fourth-order valence-electron chi connectivity index (χ4n) is 3.00. The second kappa shape index (κ2) is 7.43. The van der Waals surface area contributed by atoms with Gasteiger partial charge in [0.25, 0.3) is 17.4 Å². The molecule has 0 aliphatic heterocycles. The minimum absolute atomic E-state index is 0.0472. The molecule has 29 heavy (non-hydrogen) atoms. The van der Waals surface area contributed by atoms with Crippen molar-refractivity contribution in [3.63, 3.8) is 0 Å². The number of benzene rings is 2. The molecule has 0 spiro atoms. The van der Waals surface area contributed by atoms with Crippen molar-refractivity contribution < 1.29 is 9.59 Å². The molecule has 8 heteroatoms. The normalized spacial score (nSPS) is 10.7.